The highest BCUT2D eigenvalue weighted by atomic mass is 79.9. The number of ether oxygens (including phenoxy) is 1. The minimum absolute atomic E-state index is 0.0744. The molecule has 5 nitrogen and oxygen atoms in total. The van der Waals surface area contributed by atoms with Crippen LogP contribution < -0.4 is 4.74 Å². The number of non-ortho nitro benzene ring substituents is 1. The summed E-state index contributed by atoms with van der Waals surface area (Å²) in [5, 5.41) is 10.7. The van der Waals surface area contributed by atoms with Gasteiger partial charge in [0, 0.05) is 12.1 Å². The molecule has 0 fully saturated rings. The van der Waals surface area contributed by atoms with Crippen molar-refractivity contribution >= 4 is 70.6 Å². The highest BCUT2D eigenvalue weighted by molar-refractivity contribution is 9.11. The molecule has 0 unspecified atom stereocenters. The monoisotopic (exact) mass is 497 g/mol. The van der Waals surface area contributed by atoms with Crippen LogP contribution in [-0.4, -0.2) is 17.3 Å². The highest BCUT2D eigenvalue weighted by Crippen LogP contribution is 2.37. The fraction of sp³-hybridized carbons (Fsp3) is 0.0833. The first-order valence-corrected chi connectivity index (χ1v) is 8.63. The summed E-state index contributed by atoms with van der Waals surface area (Å²) in [7, 11) is 0. The molecule has 0 aliphatic rings. The molecule has 0 bridgehead atoms. The first-order valence-electron chi connectivity index (χ1n) is 5.43. The van der Waals surface area contributed by atoms with Crippen molar-refractivity contribution in [2.45, 2.75) is 0 Å². The number of nitrogens with zero attached hydrogens (tertiary/aromatic N) is 1. The van der Waals surface area contributed by atoms with Gasteiger partial charge in [-0.05, 0) is 59.9 Å². The Kier molecular flexibility index (Phi) is 5.53. The molecule has 0 amide bonds. The number of benzene rings is 1. The molecule has 110 valence electrons. The van der Waals surface area contributed by atoms with Crippen LogP contribution in [0.3, 0.4) is 0 Å². The second-order valence-electron chi connectivity index (χ2n) is 3.81. The third kappa shape index (κ3) is 4.12. The van der Waals surface area contributed by atoms with E-state index in [0.717, 1.165) is 3.79 Å². The minimum atomic E-state index is -0.506. The Morgan fingerprint density at radius 2 is 1.86 bits per heavy atom. The lowest BCUT2D eigenvalue weighted by molar-refractivity contribution is -0.385. The molecule has 1 heterocycles. The molecule has 1 aromatic carbocycles. The second kappa shape index (κ2) is 6.99. The average molecular weight is 500 g/mol. The Morgan fingerprint density at radius 3 is 2.33 bits per heavy atom. The molecule has 0 radical (unpaired) electrons. The number of hydrogen-bond acceptors (Lipinski definition) is 5. The maximum absolute atomic E-state index is 12.0. The van der Waals surface area contributed by atoms with Gasteiger partial charge < -0.3 is 4.74 Å². The van der Waals surface area contributed by atoms with E-state index in [1.165, 1.54) is 23.5 Å². The molecular formula is C12H6Br3NO4S. The molecule has 0 N–H and O–H groups in total. The van der Waals surface area contributed by atoms with Gasteiger partial charge in [-0.15, -0.1) is 11.3 Å². The minimum Gasteiger partial charge on any atom is -0.483 e. The molecular weight excluding hydrogens is 494 g/mol. The van der Waals surface area contributed by atoms with Crippen molar-refractivity contribution in [1.29, 1.82) is 0 Å². The van der Waals surface area contributed by atoms with Gasteiger partial charge in [0.15, 0.2) is 6.61 Å². The summed E-state index contributed by atoms with van der Waals surface area (Å²) >= 11 is 11.0. The third-order valence-electron chi connectivity index (χ3n) is 2.39. The number of rotatable bonds is 5. The van der Waals surface area contributed by atoms with Crippen LogP contribution in [0.15, 0.2) is 37.0 Å². The number of Topliss-reactive ketones (excluding diaryl/α,β-unsaturated/α-hetero) is 1. The number of nitro benzene ring substituents is 1. The van der Waals surface area contributed by atoms with Crippen molar-refractivity contribution < 1.29 is 14.5 Å². The Hall–Kier alpha value is -0.770. The topological polar surface area (TPSA) is 69.4 Å². The Labute approximate surface area is 148 Å². The van der Waals surface area contributed by atoms with E-state index in [0.29, 0.717) is 19.6 Å². The van der Waals surface area contributed by atoms with E-state index >= 15 is 0 Å². The van der Waals surface area contributed by atoms with E-state index < -0.39 is 4.92 Å². The number of carbonyl (C=O) groups excluding carboxylic acids is 1. The normalized spacial score (nSPS) is 10.4. The summed E-state index contributed by atoms with van der Waals surface area (Å²) in [5.74, 6) is 0.187. The van der Waals surface area contributed by atoms with Crippen molar-refractivity contribution in [2.75, 3.05) is 6.61 Å². The number of nitro groups is 1. The van der Waals surface area contributed by atoms with Gasteiger partial charge in [0.05, 0.1) is 22.5 Å². The Bertz CT molecular complexity index is 693. The summed E-state index contributed by atoms with van der Waals surface area (Å²) < 4.78 is 7.13. The number of ketones is 1. The van der Waals surface area contributed by atoms with Crippen LogP contribution in [0.4, 0.5) is 5.69 Å². The van der Waals surface area contributed by atoms with Gasteiger partial charge in [-0.3, -0.25) is 14.9 Å². The highest BCUT2D eigenvalue weighted by Gasteiger charge is 2.17. The maximum atomic E-state index is 12.0. The van der Waals surface area contributed by atoms with Gasteiger partial charge in [-0.1, -0.05) is 0 Å². The van der Waals surface area contributed by atoms with Gasteiger partial charge in [0.2, 0.25) is 5.78 Å². The van der Waals surface area contributed by atoms with E-state index in [1.54, 1.807) is 12.1 Å². The fourth-order valence-electron chi connectivity index (χ4n) is 1.46. The van der Waals surface area contributed by atoms with E-state index in [1.807, 2.05) is 0 Å². The molecule has 1 aromatic heterocycles. The maximum Gasteiger partial charge on any atom is 0.271 e. The first-order chi connectivity index (χ1) is 9.88. The zero-order valence-corrected chi connectivity index (χ0v) is 15.7. The van der Waals surface area contributed by atoms with Crippen molar-refractivity contribution in [3.05, 3.63) is 52.0 Å². The van der Waals surface area contributed by atoms with Crippen LogP contribution in [0, 0.1) is 10.1 Å². The predicted molar refractivity (Wildman–Crippen MR) is 90.3 cm³/mol. The van der Waals surface area contributed by atoms with Gasteiger partial charge in [-0.25, -0.2) is 0 Å². The smallest absolute Gasteiger partial charge is 0.271 e. The summed E-state index contributed by atoms with van der Waals surface area (Å²) in [6.45, 7) is -0.151. The van der Waals surface area contributed by atoms with Gasteiger partial charge >= 0.3 is 0 Å². The van der Waals surface area contributed by atoms with Crippen LogP contribution in [0.1, 0.15) is 9.67 Å². The summed E-state index contributed by atoms with van der Waals surface area (Å²) in [4.78, 5) is 22.8. The Balaban J connectivity index is 2.13. The summed E-state index contributed by atoms with van der Waals surface area (Å²) in [5.41, 5.74) is -0.0744. The molecule has 0 aliphatic heterocycles. The molecule has 0 aliphatic carbocycles. The van der Waals surface area contributed by atoms with Gasteiger partial charge in [0.1, 0.15) is 5.75 Å². The summed E-state index contributed by atoms with van der Waals surface area (Å²) in [6.07, 6.45) is 0. The predicted octanol–water partition coefficient (Wildman–Crippen LogP) is 5.21. The lowest BCUT2D eigenvalue weighted by Crippen LogP contribution is -2.10. The van der Waals surface area contributed by atoms with E-state index in [2.05, 4.69) is 47.8 Å². The number of carbonyl (C=O) groups is 1. The molecule has 0 spiro atoms. The van der Waals surface area contributed by atoms with E-state index in [-0.39, 0.29) is 18.1 Å². The first kappa shape index (κ1) is 16.6. The average Bonchev–Trinajstić information content (AvgIpc) is 2.84. The quantitative estimate of drug-likeness (QED) is 0.322. The largest absolute Gasteiger partial charge is 0.483 e. The SMILES string of the molecule is O=C(COc1c(Br)cc([N+](=O)[O-])cc1Br)c1ccc(Br)s1. The molecule has 21 heavy (non-hydrogen) atoms. The molecule has 0 saturated carbocycles. The number of hydrogen-bond donors (Lipinski definition) is 0. The van der Waals surface area contributed by atoms with Crippen LogP contribution in [0.2, 0.25) is 0 Å². The van der Waals surface area contributed by atoms with Gasteiger partial charge in [0.25, 0.3) is 5.69 Å². The van der Waals surface area contributed by atoms with Crippen LogP contribution in [0.25, 0.3) is 0 Å². The number of thiophene rings is 1. The van der Waals surface area contributed by atoms with Crippen LogP contribution in [-0.2, 0) is 0 Å². The Morgan fingerprint density at radius 1 is 1.24 bits per heavy atom. The molecule has 2 rings (SSSR count). The molecule has 0 saturated heterocycles. The lowest BCUT2D eigenvalue weighted by atomic mass is 10.3. The van der Waals surface area contributed by atoms with E-state index in [9.17, 15) is 14.9 Å². The van der Waals surface area contributed by atoms with E-state index in [4.69, 9.17) is 4.74 Å². The standard InChI is InChI=1S/C12H6Br3NO4S/c13-7-3-6(16(18)19)4-8(14)12(7)20-5-9(17)10-1-2-11(15)21-10/h1-4H,5H2. The van der Waals surface area contributed by atoms with Crippen molar-refractivity contribution in [3.8, 4) is 5.75 Å². The molecule has 9 heteroatoms. The molecule has 0 atom stereocenters. The van der Waals surface area contributed by atoms with Crippen LogP contribution in [0.5, 0.6) is 5.75 Å². The van der Waals surface area contributed by atoms with Crippen molar-refractivity contribution in [1.82, 2.24) is 0 Å². The summed E-state index contributed by atoms with van der Waals surface area (Å²) in [6, 6.07) is 6.15. The fourth-order valence-corrected chi connectivity index (χ4v) is 4.16. The zero-order chi connectivity index (χ0) is 15.6. The van der Waals surface area contributed by atoms with Crippen molar-refractivity contribution in [2.24, 2.45) is 0 Å². The lowest BCUT2D eigenvalue weighted by Gasteiger charge is -2.09. The second-order valence-corrected chi connectivity index (χ2v) is 7.98. The molecule has 2 aromatic rings. The van der Waals surface area contributed by atoms with Gasteiger partial charge in [-0.2, -0.15) is 0 Å². The third-order valence-corrected chi connectivity index (χ3v) is 5.23. The number of halogens is 3. The van der Waals surface area contributed by atoms with Crippen LogP contribution >= 0.6 is 59.1 Å². The zero-order valence-electron chi connectivity index (χ0n) is 10.1. The van der Waals surface area contributed by atoms with Crippen molar-refractivity contribution in [3.63, 3.8) is 0 Å².